The van der Waals surface area contributed by atoms with Crippen molar-refractivity contribution in [2.75, 3.05) is 5.88 Å². The molecule has 1 nitrogen and oxygen atoms in total. The summed E-state index contributed by atoms with van der Waals surface area (Å²) in [5, 5.41) is 0. The van der Waals surface area contributed by atoms with Crippen molar-refractivity contribution in [3.63, 3.8) is 0 Å². The number of rotatable bonds is 6. The van der Waals surface area contributed by atoms with Crippen LogP contribution in [0.3, 0.4) is 0 Å². The lowest BCUT2D eigenvalue weighted by Crippen LogP contribution is -1.95. The van der Waals surface area contributed by atoms with E-state index < -0.39 is 0 Å². The second-order valence-electron chi connectivity index (χ2n) is 2.68. The molecule has 10 heavy (non-hydrogen) atoms. The molecule has 0 aromatic carbocycles. The molecule has 0 spiro atoms. The molecule has 0 fully saturated rings. The van der Waals surface area contributed by atoms with Gasteiger partial charge in [-0.2, -0.15) is 0 Å². The Kier molecular flexibility index (Phi) is 7.04. The Balaban J connectivity index is 3.07. The highest BCUT2D eigenvalue weighted by atomic mass is 35.5. The molecule has 0 aromatic heterocycles. The fourth-order valence-electron chi connectivity index (χ4n) is 0.923. The van der Waals surface area contributed by atoms with Crippen LogP contribution in [0.5, 0.6) is 0 Å². The van der Waals surface area contributed by atoms with Gasteiger partial charge in [0.25, 0.3) is 0 Å². The first-order chi connectivity index (χ1) is 4.81. The molecule has 1 atom stereocenters. The van der Waals surface area contributed by atoms with Gasteiger partial charge in [-0.05, 0) is 25.2 Å². The van der Waals surface area contributed by atoms with E-state index in [4.69, 9.17) is 11.6 Å². The maximum absolute atomic E-state index is 9.96. The topological polar surface area (TPSA) is 17.1 Å². The highest BCUT2D eigenvalue weighted by molar-refractivity contribution is 6.17. The molecule has 0 aliphatic heterocycles. The van der Waals surface area contributed by atoms with E-state index in [-0.39, 0.29) is 0 Å². The summed E-state index contributed by atoms with van der Waals surface area (Å²) in [5.74, 6) is 1.40. The van der Waals surface area contributed by atoms with E-state index in [1.165, 1.54) is 0 Å². The van der Waals surface area contributed by atoms with Crippen molar-refractivity contribution in [3.8, 4) is 0 Å². The Labute approximate surface area is 67.8 Å². The van der Waals surface area contributed by atoms with Crippen LogP contribution in [0.25, 0.3) is 0 Å². The number of carbonyl (C=O) groups excluding carboxylic acids is 1. The van der Waals surface area contributed by atoms with E-state index in [9.17, 15) is 4.79 Å². The Morgan fingerprint density at radius 2 is 2.20 bits per heavy atom. The second-order valence-corrected chi connectivity index (χ2v) is 3.06. The van der Waals surface area contributed by atoms with Crippen LogP contribution in [0.2, 0.25) is 0 Å². The van der Waals surface area contributed by atoms with Gasteiger partial charge in [-0.15, -0.1) is 11.6 Å². The molecule has 0 N–H and O–H groups in total. The average Bonchev–Trinajstić information content (AvgIpc) is 1.97. The first-order valence-corrected chi connectivity index (χ1v) is 4.34. The monoisotopic (exact) mass is 162 g/mol. The van der Waals surface area contributed by atoms with Gasteiger partial charge in [0.05, 0.1) is 0 Å². The van der Waals surface area contributed by atoms with Crippen LogP contribution in [0.15, 0.2) is 0 Å². The Hall–Kier alpha value is -0.0400. The molecule has 0 aromatic rings. The third kappa shape index (κ3) is 6.09. The van der Waals surface area contributed by atoms with Crippen LogP contribution in [-0.4, -0.2) is 12.2 Å². The van der Waals surface area contributed by atoms with Gasteiger partial charge in [-0.1, -0.05) is 6.92 Å². The molecule has 0 saturated carbocycles. The molecule has 0 saturated heterocycles. The summed E-state index contributed by atoms with van der Waals surface area (Å²) in [6.45, 7) is 2.16. The molecular formula is C8H15ClO. The summed E-state index contributed by atoms with van der Waals surface area (Å²) in [4.78, 5) is 9.96. The van der Waals surface area contributed by atoms with Gasteiger partial charge >= 0.3 is 0 Å². The largest absolute Gasteiger partial charge is 0.303 e. The minimum Gasteiger partial charge on any atom is -0.303 e. The summed E-state index contributed by atoms with van der Waals surface area (Å²) in [6, 6.07) is 0. The fourth-order valence-corrected chi connectivity index (χ4v) is 1.08. The maximum Gasteiger partial charge on any atom is 0.120 e. The fraction of sp³-hybridized carbons (Fsp3) is 0.875. The first kappa shape index (κ1) is 9.96. The molecule has 60 valence electrons. The van der Waals surface area contributed by atoms with Gasteiger partial charge in [-0.25, -0.2) is 0 Å². The van der Waals surface area contributed by atoms with Crippen LogP contribution in [0, 0.1) is 5.92 Å². The van der Waals surface area contributed by atoms with E-state index in [0.717, 1.165) is 31.4 Å². The van der Waals surface area contributed by atoms with Crippen LogP contribution >= 0.6 is 11.6 Å². The van der Waals surface area contributed by atoms with Gasteiger partial charge in [-0.3, -0.25) is 0 Å². The lowest BCUT2D eigenvalue weighted by molar-refractivity contribution is -0.108. The van der Waals surface area contributed by atoms with E-state index in [1.54, 1.807) is 0 Å². The normalized spacial score (nSPS) is 13.0. The zero-order valence-corrected chi connectivity index (χ0v) is 7.23. The zero-order valence-electron chi connectivity index (χ0n) is 6.48. The van der Waals surface area contributed by atoms with Crippen molar-refractivity contribution >= 4 is 17.9 Å². The highest BCUT2D eigenvalue weighted by Gasteiger charge is 1.99. The number of carbonyl (C=O) groups is 1. The third-order valence-corrected chi connectivity index (χ3v) is 1.88. The summed E-state index contributed by atoms with van der Waals surface area (Å²) < 4.78 is 0. The Morgan fingerprint density at radius 1 is 1.50 bits per heavy atom. The molecule has 0 bridgehead atoms. The predicted molar refractivity (Wildman–Crippen MR) is 44.4 cm³/mol. The molecule has 0 aliphatic carbocycles. The standard InChI is InChI=1S/C8H15ClO/c1-8(4-2-6-9)5-3-7-10/h7-8H,2-6H2,1H3. The van der Waals surface area contributed by atoms with Gasteiger partial charge in [0.15, 0.2) is 0 Å². The van der Waals surface area contributed by atoms with E-state index in [1.807, 2.05) is 0 Å². The smallest absolute Gasteiger partial charge is 0.120 e. The number of hydrogen-bond acceptors (Lipinski definition) is 1. The number of hydrogen-bond donors (Lipinski definition) is 0. The zero-order chi connectivity index (χ0) is 7.82. The van der Waals surface area contributed by atoms with Crippen molar-refractivity contribution in [3.05, 3.63) is 0 Å². The summed E-state index contributed by atoms with van der Waals surface area (Å²) in [6.07, 6.45) is 4.92. The molecular weight excluding hydrogens is 148 g/mol. The van der Waals surface area contributed by atoms with Crippen molar-refractivity contribution in [2.24, 2.45) is 5.92 Å². The SMILES string of the molecule is CC(CCC=O)CCCCl. The lowest BCUT2D eigenvalue weighted by atomic mass is 10.0. The molecule has 0 amide bonds. The van der Waals surface area contributed by atoms with E-state index >= 15 is 0 Å². The second kappa shape index (κ2) is 7.07. The summed E-state index contributed by atoms with van der Waals surface area (Å²) in [7, 11) is 0. The van der Waals surface area contributed by atoms with Crippen LogP contribution in [0.1, 0.15) is 32.6 Å². The third-order valence-electron chi connectivity index (χ3n) is 1.61. The van der Waals surface area contributed by atoms with Crippen molar-refractivity contribution < 1.29 is 4.79 Å². The summed E-state index contributed by atoms with van der Waals surface area (Å²) >= 11 is 5.51. The first-order valence-electron chi connectivity index (χ1n) is 3.81. The molecule has 0 rings (SSSR count). The van der Waals surface area contributed by atoms with Crippen molar-refractivity contribution in [2.45, 2.75) is 32.6 Å². The molecule has 0 radical (unpaired) electrons. The lowest BCUT2D eigenvalue weighted by Gasteiger charge is -2.06. The van der Waals surface area contributed by atoms with Gasteiger partial charge in [0, 0.05) is 12.3 Å². The van der Waals surface area contributed by atoms with Gasteiger partial charge in [0.2, 0.25) is 0 Å². The van der Waals surface area contributed by atoms with Gasteiger partial charge in [0.1, 0.15) is 6.29 Å². The maximum atomic E-state index is 9.96. The van der Waals surface area contributed by atoms with E-state index in [2.05, 4.69) is 6.92 Å². The van der Waals surface area contributed by atoms with Crippen molar-refractivity contribution in [1.82, 2.24) is 0 Å². The highest BCUT2D eigenvalue weighted by Crippen LogP contribution is 2.11. The minimum absolute atomic E-state index is 0.656. The number of aldehydes is 1. The van der Waals surface area contributed by atoms with E-state index in [0.29, 0.717) is 12.3 Å². The van der Waals surface area contributed by atoms with Crippen molar-refractivity contribution in [1.29, 1.82) is 0 Å². The van der Waals surface area contributed by atoms with Crippen LogP contribution in [0.4, 0.5) is 0 Å². The predicted octanol–water partition coefficient (Wildman–Crippen LogP) is 2.62. The molecule has 0 aliphatic rings. The molecule has 0 heterocycles. The molecule has 2 heteroatoms. The quantitative estimate of drug-likeness (QED) is 0.434. The Bertz CT molecular complexity index is 83.3. The summed E-state index contributed by atoms with van der Waals surface area (Å²) in [5.41, 5.74) is 0. The average molecular weight is 163 g/mol. The van der Waals surface area contributed by atoms with Crippen LogP contribution in [-0.2, 0) is 4.79 Å². The Morgan fingerprint density at radius 3 is 2.70 bits per heavy atom. The number of halogens is 1. The van der Waals surface area contributed by atoms with Crippen LogP contribution < -0.4 is 0 Å². The number of alkyl halides is 1. The molecule has 1 unspecified atom stereocenters. The minimum atomic E-state index is 0.656. The van der Waals surface area contributed by atoms with Gasteiger partial charge < -0.3 is 4.79 Å².